The molecule has 1 amide bonds. The van der Waals surface area contributed by atoms with Crippen LogP contribution >= 0.6 is 0 Å². The fraction of sp³-hybridized carbons (Fsp3) is 0.357. The van der Waals surface area contributed by atoms with E-state index >= 15 is 0 Å². The van der Waals surface area contributed by atoms with Gasteiger partial charge in [0.15, 0.2) is 17.3 Å². The van der Waals surface area contributed by atoms with E-state index in [0.29, 0.717) is 36.7 Å². The van der Waals surface area contributed by atoms with Crippen LogP contribution in [0.1, 0.15) is 29.8 Å². The van der Waals surface area contributed by atoms with Gasteiger partial charge in [0.25, 0.3) is 5.91 Å². The largest absolute Gasteiger partial charge is 0.367 e. The summed E-state index contributed by atoms with van der Waals surface area (Å²) in [4.78, 5) is 26.3. The van der Waals surface area contributed by atoms with Gasteiger partial charge in [-0.2, -0.15) is 5.10 Å². The molecule has 1 atom stereocenters. The van der Waals surface area contributed by atoms with E-state index in [4.69, 9.17) is 0 Å². The first-order chi connectivity index (χ1) is 18.8. The Labute approximate surface area is 224 Å². The van der Waals surface area contributed by atoms with Crippen LogP contribution in [-0.4, -0.2) is 75.2 Å². The average molecular weight is 538 g/mol. The lowest BCUT2D eigenvalue weighted by Crippen LogP contribution is -2.47. The van der Waals surface area contributed by atoms with E-state index in [1.54, 1.807) is 16.8 Å². The smallest absolute Gasteiger partial charge is 0.275 e. The highest BCUT2D eigenvalue weighted by Gasteiger charge is 2.31. The quantitative estimate of drug-likeness (QED) is 0.355. The fourth-order valence-electron chi connectivity index (χ4n) is 4.77. The van der Waals surface area contributed by atoms with E-state index in [-0.39, 0.29) is 28.8 Å². The number of nitrogens with zero attached hydrogens (tertiary/aromatic N) is 6. The maximum Gasteiger partial charge on any atom is 0.275 e. The van der Waals surface area contributed by atoms with E-state index in [1.807, 2.05) is 30.1 Å². The monoisotopic (exact) mass is 537 g/mol. The summed E-state index contributed by atoms with van der Waals surface area (Å²) in [6.07, 6.45) is 5.93. The number of fused-ring (bicyclic) bond motifs is 1. The molecule has 1 unspecified atom stereocenters. The molecule has 0 saturated carbocycles. The summed E-state index contributed by atoms with van der Waals surface area (Å²) in [6, 6.07) is 7.95. The third kappa shape index (κ3) is 6.03. The van der Waals surface area contributed by atoms with E-state index in [0.717, 1.165) is 43.5 Å². The molecule has 0 aliphatic carbocycles. The van der Waals surface area contributed by atoms with Crippen LogP contribution in [0.15, 0.2) is 48.8 Å². The molecule has 3 heterocycles. The van der Waals surface area contributed by atoms with Crippen LogP contribution in [0.3, 0.4) is 0 Å². The van der Waals surface area contributed by atoms with Crippen molar-refractivity contribution in [2.75, 3.05) is 39.0 Å². The van der Waals surface area contributed by atoms with Crippen LogP contribution < -0.4 is 5.32 Å². The molecule has 1 aliphatic rings. The van der Waals surface area contributed by atoms with E-state index < -0.39 is 11.6 Å². The Morgan fingerprint density at radius 2 is 1.82 bits per heavy atom. The van der Waals surface area contributed by atoms with E-state index in [1.165, 1.54) is 18.3 Å². The Kier molecular flexibility index (Phi) is 7.78. The summed E-state index contributed by atoms with van der Waals surface area (Å²) in [6.45, 7) is 2.33. The molecular weight excluding hydrogens is 507 g/mol. The standard InChI is InChI=1S/C28H30F3N7O/c1-36(2)11-12-37-17-21(18-6-8-19(29)9-7-18)27(35-37)28(39)38-10-4-3-5-20(38)15-33-26-16-32-24-13-22(30)23(31)14-25(24)34-26/h6-9,13-14,16-17,20H,3-5,10-12,15H2,1-2H3,(H,33,34). The van der Waals surface area contributed by atoms with Gasteiger partial charge in [0, 0.05) is 49.6 Å². The van der Waals surface area contributed by atoms with Gasteiger partial charge in [0.2, 0.25) is 0 Å². The number of halogens is 3. The molecule has 8 nitrogen and oxygen atoms in total. The minimum atomic E-state index is -0.986. The van der Waals surface area contributed by atoms with Crippen molar-refractivity contribution in [3.63, 3.8) is 0 Å². The first-order valence-corrected chi connectivity index (χ1v) is 12.9. The molecule has 1 N–H and O–H groups in total. The zero-order chi connectivity index (χ0) is 27.5. The van der Waals surface area contributed by atoms with Crippen LogP contribution in [0.25, 0.3) is 22.2 Å². The Morgan fingerprint density at radius 1 is 1.08 bits per heavy atom. The second-order valence-corrected chi connectivity index (χ2v) is 10.0. The highest BCUT2D eigenvalue weighted by molar-refractivity contribution is 5.99. The minimum Gasteiger partial charge on any atom is -0.367 e. The molecule has 39 heavy (non-hydrogen) atoms. The zero-order valence-corrected chi connectivity index (χ0v) is 21.9. The molecule has 0 spiro atoms. The lowest BCUT2D eigenvalue weighted by Gasteiger charge is -2.35. The highest BCUT2D eigenvalue weighted by Crippen LogP contribution is 2.27. The summed E-state index contributed by atoms with van der Waals surface area (Å²) in [5.74, 6) is -2.09. The zero-order valence-electron chi connectivity index (χ0n) is 21.9. The predicted molar refractivity (Wildman–Crippen MR) is 143 cm³/mol. The van der Waals surface area contributed by atoms with Gasteiger partial charge in [0.05, 0.1) is 23.8 Å². The second kappa shape index (κ2) is 11.4. The molecule has 4 aromatic rings. The van der Waals surface area contributed by atoms with Crippen molar-refractivity contribution >= 4 is 22.8 Å². The van der Waals surface area contributed by atoms with Gasteiger partial charge < -0.3 is 15.1 Å². The lowest BCUT2D eigenvalue weighted by atomic mass is 10.00. The summed E-state index contributed by atoms with van der Waals surface area (Å²) in [5.41, 5.74) is 2.20. The molecule has 1 fully saturated rings. The first kappa shape index (κ1) is 26.6. The molecule has 11 heteroatoms. The van der Waals surface area contributed by atoms with Gasteiger partial charge >= 0.3 is 0 Å². The van der Waals surface area contributed by atoms with Crippen molar-refractivity contribution < 1.29 is 18.0 Å². The van der Waals surface area contributed by atoms with Crippen molar-refractivity contribution in [2.24, 2.45) is 0 Å². The van der Waals surface area contributed by atoms with Crippen LogP contribution in [0, 0.1) is 17.5 Å². The number of hydrogen-bond donors (Lipinski definition) is 1. The van der Waals surface area contributed by atoms with Gasteiger partial charge in [-0.05, 0) is 51.1 Å². The van der Waals surface area contributed by atoms with Gasteiger partial charge in [-0.25, -0.2) is 18.2 Å². The summed E-state index contributed by atoms with van der Waals surface area (Å²) < 4.78 is 42.6. The molecule has 204 valence electrons. The number of anilines is 1. The Morgan fingerprint density at radius 3 is 2.56 bits per heavy atom. The van der Waals surface area contributed by atoms with E-state index in [9.17, 15) is 18.0 Å². The number of likely N-dealkylation sites (tertiary alicyclic amines) is 1. The van der Waals surface area contributed by atoms with Crippen LogP contribution in [0.2, 0.25) is 0 Å². The van der Waals surface area contributed by atoms with E-state index in [2.05, 4.69) is 20.4 Å². The Hall–Kier alpha value is -3.99. The number of benzene rings is 2. The number of carbonyl (C=O) groups is 1. The summed E-state index contributed by atoms with van der Waals surface area (Å²) in [5, 5.41) is 7.87. The molecule has 0 radical (unpaired) electrons. The molecule has 0 bridgehead atoms. The Bertz CT molecular complexity index is 1470. The van der Waals surface area contributed by atoms with Crippen molar-refractivity contribution in [2.45, 2.75) is 31.8 Å². The topological polar surface area (TPSA) is 79.2 Å². The van der Waals surface area contributed by atoms with Crippen LogP contribution in [-0.2, 0) is 6.54 Å². The molecule has 2 aromatic carbocycles. The number of likely N-dealkylation sites (N-methyl/N-ethyl adjacent to an activating group) is 1. The number of hydrogen-bond acceptors (Lipinski definition) is 6. The average Bonchev–Trinajstić information content (AvgIpc) is 3.36. The maximum absolute atomic E-state index is 13.9. The van der Waals surface area contributed by atoms with Gasteiger partial charge in [0.1, 0.15) is 11.6 Å². The van der Waals surface area contributed by atoms with Crippen molar-refractivity contribution in [1.82, 2.24) is 29.5 Å². The number of rotatable bonds is 8. The SMILES string of the molecule is CN(C)CCn1cc(-c2ccc(F)cc2)c(C(=O)N2CCCCC2CNc2cnc3cc(F)c(F)cc3n2)n1. The number of amides is 1. The van der Waals surface area contributed by atoms with Crippen molar-refractivity contribution in [3.8, 4) is 11.1 Å². The number of piperidine rings is 1. The van der Waals surface area contributed by atoms with Crippen LogP contribution in [0.5, 0.6) is 0 Å². The van der Waals surface area contributed by atoms with Gasteiger partial charge in [-0.3, -0.25) is 14.5 Å². The molecule has 1 aliphatic heterocycles. The second-order valence-electron chi connectivity index (χ2n) is 10.0. The Balaban J connectivity index is 1.38. The molecule has 1 saturated heterocycles. The maximum atomic E-state index is 13.9. The first-order valence-electron chi connectivity index (χ1n) is 12.9. The number of carbonyl (C=O) groups excluding carboxylic acids is 1. The summed E-state index contributed by atoms with van der Waals surface area (Å²) >= 11 is 0. The normalized spacial score (nSPS) is 15.7. The lowest BCUT2D eigenvalue weighted by molar-refractivity contribution is 0.0622. The van der Waals surface area contributed by atoms with Crippen molar-refractivity contribution in [1.29, 1.82) is 0 Å². The highest BCUT2D eigenvalue weighted by atomic mass is 19.2. The third-order valence-corrected chi connectivity index (χ3v) is 6.89. The third-order valence-electron chi connectivity index (χ3n) is 6.89. The van der Waals surface area contributed by atoms with Crippen molar-refractivity contribution in [3.05, 3.63) is 71.9 Å². The predicted octanol–water partition coefficient (Wildman–Crippen LogP) is 4.58. The van der Waals surface area contributed by atoms with Gasteiger partial charge in [-0.1, -0.05) is 12.1 Å². The fourth-order valence-corrected chi connectivity index (χ4v) is 4.77. The van der Waals surface area contributed by atoms with Crippen LogP contribution in [0.4, 0.5) is 19.0 Å². The molecular formula is C28H30F3N7O. The number of nitrogens with one attached hydrogen (secondary N) is 1. The molecule has 2 aromatic heterocycles. The molecule has 5 rings (SSSR count). The number of aromatic nitrogens is 4. The van der Waals surface area contributed by atoms with Gasteiger partial charge in [-0.15, -0.1) is 0 Å². The minimum absolute atomic E-state index is 0.137. The summed E-state index contributed by atoms with van der Waals surface area (Å²) in [7, 11) is 3.94.